The smallest absolute Gasteiger partial charge is 0.0972 e. The lowest BCUT2D eigenvalue weighted by molar-refractivity contribution is 0.366. The van der Waals surface area contributed by atoms with E-state index in [1.54, 1.807) is 0 Å². The fourth-order valence-electron chi connectivity index (χ4n) is 1.05. The predicted molar refractivity (Wildman–Crippen MR) is 47.2 cm³/mol. The maximum atomic E-state index is 6.02. The minimum atomic E-state index is 0.245. The maximum Gasteiger partial charge on any atom is 0.0972 e. The van der Waals surface area contributed by atoms with E-state index in [0.717, 1.165) is 19.6 Å². The lowest BCUT2D eigenvalue weighted by Gasteiger charge is -2.10. The highest BCUT2D eigenvalue weighted by Gasteiger charge is 2.30. The zero-order valence-electron chi connectivity index (χ0n) is 7.22. The number of epoxide rings is 1. The van der Waals surface area contributed by atoms with Crippen molar-refractivity contribution in [1.29, 1.82) is 0 Å². The summed E-state index contributed by atoms with van der Waals surface area (Å²) in [5.41, 5.74) is 0. The monoisotopic (exact) mass is 177 g/mol. The van der Waals surface area contributed by atoms with E-state index in [2.05, 4.69) is 19.0 Å². The Hall–Kier alpha value is 0.210. The summed E-state index contributed by atoms with van der Waals surface area (Å²) in [6.07, 6.45) is 2.60. The molecule has 0 amide bonds. The summed E-state index contributed by atoms with van der Waals surface area (Å²) in [7, 11) is 4.16. The Bertz CT molecular complexity index is 115. The standard InChI is InChI=1S/C8H16ClNO/c1-10(2)5-3-4-7(9)8-6-11-8/h7-8H,3-6H2,1-2H3. The molecule has 1 fully saturated rings. The van der Waals surface area contributed by atoms with Gasteiger partial charge in [0, 0.05) is 0 Å². The number of ether oxygens (including phenoxy) is 1. The highest BCUT2D eigenvalue weighted by molar-refractivity contribution is 6.21. The Balaban J connectivity index is 1.93. The number of halogens is 1. The molecule has 2 unspecified atom stereocenters. The number of alkyl halides is 1. The van der Waals surface area contributed by atoms with E-state index in [-0.39, 0.29) is 5.38 Å². The van der Waals surface area contributed by atoms with Gasteiger partial charge in [-0.2, -0.15) is 0 Å². The minimum Gasteiger partial charge on any atom is -0.372 e. The average Bonchev–Trinajstić information content (AvgIpc) is 2.66. The molecule has 1 heterocycles. The third-order valence-corrected chi connectivity index (χ3v) is 2.35. The minimum absolute atomic E-state index is 0.245. The van der Waals surface area contributed by atoms with Gasteiger partial charge in [0.2, 0.25) is 0 Å². The number of nitrogens with zero attached hydrogens (tertiary/aromatic N) is 1. The molecule has 2 atom stereocenters. The van der Waals surface area contributed by atoms with Gasteiger partial charge in [-0.1, -0.05) is 0 Å². The van der Waals surface area contributed by atoms with E-state index in [1.807, 2.05) is 0 Å². The van der Waals surface area contributed by atoms with Crippen molar-refractivity contribution in [1.82, 2.24) is 4.90 Å². The van der Waals surface area contributed by atoms with Crippen LogP contribution in [-0.2, 0) is 4.74 Å². The molecule has 1 rings (SSSR count). The number of hydrogen-bond acceptors (Lipinski definition) is 2. The Morgan fingerprint density at radius 2 is 2.27 bits per heavy atom. The molecule has 0 aliphatic carbocycles. The third-order valence-electron chi connectivity index (χ3n) is 1.85. The molecule has 66 valence electrons. The van der Waals surface area contributed by atoms with E-state index in [1.165, 1.54) is 6.42 Å². The molecular weight excluding hydrogens is 162 g/mol. The van der Waals surface area contributed by atoms with E-state index >= 15 is 0 Å². The first-order valence-corrected chi connectivity index (χ1v) is 4.54. The van der Waals surface area contributed by atoms with E-state index in [0.29, 0.717) is 6.10 Å². The molecular formula is C8H16ClNO. The zero-order valence-corrected chi connectivity index (χ0v) is 7.97. The number of rotatable bonds is 5. The molecule has 11 heavy (non-hydrogen) atoms. The first-order chi connectivity index (χ1) is 5.20. The molecule has 1 aliphatic rings. The van der Waals surface area contributed by atoms with Crippen LogP contribution in [0.4, 0.5) is 0 Å². The van der Waals surface area contributed by atoms with Gasteiger partial charge in [0.05, 0.1) is 18.1 Å². The molecule has 0 aromatic heterocycles. The summed E-state index contributed by atoms with van der Waals surface area (Å²) >= 11 is 6.02. The van der Waals surface area contributed by atoms with Gasteiger partial charge in [-0.25, -0.2) is 0 Å². The Labute approximate surface area is 73.5 Å². The van der Waals surface area contributed by atoms with Crippen LogP contribution in [0.2, 0.25) is 0 Å². The second kappa shape index (κ2) is 4.29. The summed E-state index contributed by atoms with van der Waals surface area (Å²) in [6.45, 7) is 1.99. The summed E-state index contributed by atoms with van der Waals surface area (Å²) in [5.74, 6) is 0. The zero-order chi connectivity index (χ0) is 8.27. The highest BCUT2D eigenvalue weighted by atomic mass is 35.5. The molecule has 0 bridgehead atoms. The van der Waals surface area contributed by atoms with Crippen LogP contribution in [0.15, 0.2) is 0 Å². The van der Waals surface area contributed by atoms with E-state index < -0.39 is 0 Å². The molecule has 0 N–H and O–H groups in total. The second-order valence-corrected chi connectivity index (χ2v) is 3.89. The number of hydrogen-bond donors (Lipinski definition) is 0. The van der Waals surface area contributed by atoms with Gasteiger partial charge in [-0.3, -0.25) is 0 Å². The SMILES string of the molecule is CN(C)CCCC(Cl)C1CO1. The van der Waals surface area contributed by atoms with Gasteiger partial charge in [0.25, 0.3) is 0 Å². The predicted octanol–water partition coefficient (Wildman–Crippen LogP) is 1.33. The normalized spacial score (nSPS) is 25.6. The van der Waals surface area contributed by atoms with Crippen LogP contribution in [-0.4, -0.2) is 43.6 Å². The summed E-state index contributed by atoms with van der Waals surface area (Å²) in [5, 5.41) is 0.245. The molecule has 0 radical (unpaired) electrons. The van der Waals surface area contributed by atoms with Crippen LogP contribution in [0.3, 0.4) is 0 Å². The van der Waals surface area contributed by atoms with Crippen molar-refractivity contribution in [3.05, 3.63) is 0 Å². The Morgan fingerprint density at radius 1 is 1.64 bits per heavy atom. The van der Waals surface area contributed by atoms with Gasteiger partial charge in [0.15, 0.2) is 0 Å². The molecule has 1 aliphatic heterocycles. The van der Waals surface area contributed by atoms with Gasteiger partial charge in [0.1, 0.15) is 0 Å². The average molecular weight is 178 g/mol. The Kier molecular flexibility index (Phi) is 3.63. The van der Waals surface area contributed by atoms with Crippen molar-refractivity contribution >= 4 is 11.6 Å². The van der Waals surface area contributed by atoms with E-state index in [4.69, 9.17) is 16.3 Å². The van der Waals surface area contributed by atoms with Crippen LogP contribution in [0.1, 0.15) is 12.8 Å². The van der Waals surface area contributed by atoms with Gasteiger partial charge < -0.3 is 9.64 Å². The van der Waals surface area contributed by atoms with Crippen molar-refractivity contribution < 1.29 is 4.74 Å². The first kappa shape index (κ1) is 9.30. The fourth-order valence-corrected chi connectivity index (χ4v) is 1.35. The van der Waals surface area contributed by atoms with Crippen LogP contribution in [0.5, 0.6) is 0 Å². The maximum absolute atomic E-state index is 6.02. The van der Waals surface area contributed by atoms with Crippen molar-refractivity contribution in [3.8, 4) is 0 Å². The molecule has 2 nitrogen and oxygen atoms in total. The first-order valence-electron chi connectivity index (χ1n) is 4.10. The van der Waals surface area contributed by atoms with Crippen molar-refractivity contribution in [2.24, 2.45) is 0 Å². The quantitative estimate of drug-likeness (QED) is 0.465. The molecule has 0 aromatic rings. The molecule has 0 spiro atoms. The molecule has 3 heteroatoms. The highest BCUT2D eigenvalue weighted by Crippen LogP contribution is 2.22. The molecule has 0 saturated carbocycles. The van der Waals surface area contributed by atoms with Crippen molar-refractivity contribution in [2.75, 3.05) is 27.2 Å². The lowest BCUT2D eigenvalue weighted by Crippen LogP contribution is -2.16. The summed E-state index contributed by atoms with van der Waals surface area (Å²) in [4.78, 5) is 2.18. The lowest BCUT2D eigenvalue weighted by atomic mass is 10.2. The fraction of sp³-hybridized carbons (Fsp3) is 1.00. The van der Waals surface area contributed by atoms with E-state index in [9.17, 15) is 0 Å². The van der Waals surface area contributed by atoms with Crippen LogP contribution in [0, 0.1) is 0 Å². The van der Waals surface area contributed by atoms with Gasteiger partial charge in [-0.15, -0.1) is 11.6 Å². The summed E-state index contributed by atoms with van der Waals surface area (Å²) in [6, 6.07) is 0. The summed E-state index contributed by atoms with van der Waals surface area (Å²) < 4.78 is 5.08. The van der Waals surface area contributed by atoms with Gasteiger partial charge >= 0.3 is 0 Å². The second-order valence-electron chi connectivity index (χ2n) is 3.33. The van der Waals surface area contributed by atoms with Crippen molar-refractivity contribution in [3.63, 3.8) is 0 Å². The topological polar surface area (TPSA) is 15.8 Å². The van der Waals surface area contributed by atoms with Crippen LogP contribution in [0.25, 0.3) is 0 Å². The molecule has 1 saturated heterocycles. The van der Waals surface area contributed by atoms with Crippen LogP contribution < -0.4 is 0 Å². The third kappa shape index (κ3) is 3.94. The van der Waals surface area contributed by atoms with Crippen LogP contribution >= 0.6 is 11.6 Å². The Morgan fingerprint density at radius 3 is 2.73 bits per heavy atom. The largest absolute Gasteiger partial charge is 0.372 e. The van der Waals surface area contributed by atoms with Crippen molar-refractivity contribution in [2.45, 2.75) is 24.3 Å². The van der Waals surface area contributed by atoms with Gasteiger partial charge in [-0.05, 0) is 33.5 Å². The molecule has 0 aromatic carbocycles.